The van der Waals surface area contributed by atoms with Crippen LogP contribution in [-0.4, -0.2) is 53.5 Å². The lowest BCUT2D eigenvalue weighted by Crippen LogP contribution is -2.39. The smallest absolute Gasteiger partial charge is 0.224 e. The molecule has 0 bridgehead atoms. The minimum atomic E-state index is -0.0537. The molecule has 2 aromatic carbocycles. The summed E-state index contributed by atoms with van der Waals surface area (Å²) in [6, 6.07) is 11.7. The minimum absolute atomic E-state index is 0.0537. The molecule has 31 heavy (non-hydrogen) atoms. The number of benzene rings is 2. The number of anilines is 2. The molecule has 1 fully saturated rings. The monoisotopic (exact) mass is 428 g/mol. The normalized spacial score (nSPS) is 16.0. The van der Waals surface area contributed by atoms with Crippen molar-refractivity contribution in [1.29, 1.82) is 0 Å². The molecule has 1 aliphatic rings. The van der Waals surface area contributed by atoms with E-state index < -0.39 is 0 Å². The third kappa shape index (κ3) is 5.61. The number of nitrogens with zero attached hydrogens (tertiary/aromatic N) is 1. The molecule has 3 rings (SSSR count). The van der Waals surface area contributed by atoms with E-state index in [2.05, 4.69) is 10.2 Å². The Hall–Kier alpha value is -2.93. The maximum atomic E-state index is 12.5. The van der Waals surface area contributed by atoms with Crippen LogP contribution in [0.25, 0.3) is 0 Å². The number of rotatable bonds is 9. The molecule has 1 aliphatic heterocycles. The van der Waals surface area contributed by atoms with E-state index in [0.717, 1.165) is 42.9 Å². The van der Waals surface area contributed by atoms with E-state index in [-0.39, 0.29) is 12.0 Å². The van der Waals surface area contributed by atoms with Crippen LogP contribution in [0.3, 0.4) is 0 Å². The first-order valence-electron chi connectivity index (χ1n) is 10.5. The number of methoxy groups -OCH3 is 4. The van der Waals surface area contributed by atoms with Gasteiger partial charge in [-0.3, -0.25) is 4.79 Å². The van der Waals surface area contributed by atoms with Gasteiger partial charge in [-0.2, -0.15) is 0 Å². The van der Waals surface area contributed by atoms with E-state index in [9.17, 15) is 4.79 Å². The molecule has 1 N–H and O–H groups in total. The van der Waals surface area contributed by atoms with Gasteiger partial charge < -0.3 is 29.2 Å². The molecule has 0 aromatic heterocycles. The van der Waals surface area contributed by atoms with Crippen molar-refractivity contribution in [3.63, 3.8) is 0 Å². The first-order valence-corrected chi connectivity index (χ1v) is 10.5. The molecule has 0 aliphatic carbocycles. The summed E-state index contributed by atoms with van der Waals surface area (Å²) in [6.45, 7) is 1.92. The van der Waals surface area contributed by atoms with Crippen molar-refractivity contribution in [3.05, 3.63) is 42.0 Å². The summed E-state index contributed by atoms with van der Waals surface area (Å²) in [6.07, 6.45) is 3.36. The second-order valence-electron chi connectivity index (χ2n) is 7.53. The van der Waals surface area contributed by atoms with Crippen LogP contribution in [0, 0.1) is 0 Å². The van der Waals surface area contributed by atoms with Gasteiger partial charge in [-0.25, -0.2) is 0 Å². The summed E-state index contributed by atoms with van der Waals surface area (Å²) in [7, 11) is 6.50. The van der Waals surface area contributed by atoms with Crippen molar-refractivity contribution >= 4 is 17.3 Å². The van der Waals surface area contributed by atoms with Crippen molar-refractivity contribution in [2.24, 2.45) is 0 Å². The van der Waals surface area contributed by atoms with Gasteiger partial charge in [0.15, 0.2) is 11.5 Å². The van der Waals surface area contributed by atoms with Gasteiger partial charge in [0.05, 0.1) is 27.4 Å². The molecule has 7 heteroatoms. The van der Waals surface area contributed by atoms with Gasteiger partial charge in [-0.05, 0) is 55.2 Å². The highest BCUT2D eigenvalue weighted by Gasteiger charge is 2.20. The zero-order valence-electron chi connectivity index (χ0n) is 18.8. The predicted octanol–water partition coefficient (Wildman–Crippen LogP) is 3.90. The molecule has 0 spiro atoms. The van der Waals surface area contributed by atoms with Gasteiger partial charge in [-0.15, -0.1) is 0 Å². The SMILES string of the molecule is COc1ccc(CCC(=O)Nc2ccc(N3CCC[C@H](OC)C3)cc2)c(OC)c1OC. The second-order valence-corrected chi connectivity index (χ2v) is 7.53. The number of ether oxygens (including phenoxy) is 4. The minimum Gasteiger partial charge on any atom is -0.493 e. The molecule has 168 valence electrons. The van der Waals surface area contributed by atoms with Crippen molar-refractivity contribution in [2.45, 2.75) is 31.8 Å². The molecule has 0 unspecified atom stereocenters. The third-order valence-corrected chi connectivity index (χ3v) is 5.63. The van der Waals surface area contributed by atoms with E-state index in [1.165, 1.54) is 0 Å². The summed E-state index contributed by atoms with van der Waals surface area (Å²) in [5, 5.41) is 2.97. The lowest BCUT2D eigenvalue weighted by atomic mass is 10.1. The van der Waals surface area contributed by atoms with Crippen LogP contribution in [0.2, 0.25) is 0 Å². The fourth-order valence-corrected chi connectivity index (χ4v) is 3.95. The molecule has 1 amide bonds. The summed E-state index contributed by atoms with van der Waals surface area (Å²) in [5.41, 5.74) is 2.83. The van der Waals surface area contributed by atoms with Gasteiger partial charge in [0.1, 0.15) is 0 Å². The highest BCUT2D eigenvalue weighted by Crippen LogP contribution is 2.40. The standard InChI is InChI=1S/C24H32N2O5/c1-28-20-6-5-15-26(16-20)19-11-9-18(10-12-19)25-22(27)14-8-17-7-13-21(29-2)24(31-4)23(17)30-3/h7,9-13,20H,5-6,8,14-16H2,1-4H3,(H,25,27)/t20-/m0/s1. The number of hydrogen-bond donors (Lipinski definition) is 1. The van der Waals surface area contributed by atoms with Gasteiger partial charge in [0, 0.05) is 38.0 Å². The molecule has 7 nitrogen and oxygen atoms in total. The average molecular weight is 429 g/mol. The van der Waals surface area contributed by atoms with E-state index in [4.69, 9.17) is 18.9 Å². The lowest BCUT2D eigenvalue weighted by Gasteiger charge is -2.33. The molecule has 0 saturated carbocycles. The number of carbonyl (C=O) groups excluding carboxylic acids is 1. The predicted molar refractivity (Wildman–Crippen MR) is 122 cm³/mol. The number of hydrogen-bond acceptors (Lipinski definition) is 6. The zero-order valence-corrected chi connectivity index (χ0v) is 18.8. The van der Waals surface area contributed by atoms with Crippen LogP contribution in [-0.2, 0) is 16.0 Å². The van der Waals surface area contributed by atoms with E-state index in [1.54, 1.807) is 28.4 Å². The Morgan fingerprint density at radius 3 is 2.39 bits per heavy atom. The fraction of sp³-hybridized carbons (Fsp3) is 0.458. The lowest BCUT2D eigenvalue weighted by molar-refractivity contribution is -0.116. The Balaban J connectivity index is 1.58. The highest BCUT2D eigenvalue weighted by atomic mass is 16.5. The molecule has 1 atom stereocenters. The number of piperidine rings is 1. The molecule has 2 aromatic rings. The molecular formula is C24H32N2O5. The first-order chi connectivity index (χ1) is 15.1. The third-order valence-electron chi connectivity index (χ3n) is 5.63. The largest absolute Gasteiger partial charge is 0.493 e. The Labute approximate surface area is 184 Å². The molecule has 1 saturated heterocycles. The summed E-state index contributed by atoms with van der Waals surface area (Å²) < 4.78 is 21.7. The van der Waals surface area contributed by atoms with Crippen LogP contribution in [0.4, 0.5) is 11.4 Å². The highest BCUT2D eigenvalue weighted by molar-refractivity contribution is 5.91. The number of nitrogens with one attached hydrogen (secondary N) is 1. The average Bonchev–Trinajstić information content (AvgIpc) is 2.82. The van der Waals surface area contributed by atoms with Crippen LogP contribution in [0.1, 0.15) is 24.8 Å². The van der Waals surface area contributed by atoms with Crippen LogP contribution < -0.4 is 24.4 Å². The molecule has 1 heterocycles. The van der Waals surface area contributed by atoms with E-state index >= 15 is 0 Å². The van der Waals surface area contributed by atoms with Gasteiger partial charge >= 0.3 is 0 Å². The maximum Gasteiger partial charge on any atom is 0.224 e. The molecular weight excluding hydrogens is 396 g/mol. The van der Waals surface area contributed by atoms with E-state index in [1.807, 2.05) is 36.4 Å². The summed E-state index contributed by atoms with van der Waals surface area (Å²) >= 11 is 0. The number of carbonyl (C=O) groups is 1. The van der Waals surface area contributed by atoms with Crippen molar-refractivity contribution in [1.82, 2.24) is 0 Å². The maximum absolute atomic E-state index is 12.5. The fourth-order valence-electron chi connectivity index (χ4n) is 3.95. The van der Waals surface area contributed by atoms with Crippen LogP contribution >= 0.6 is 0 Å². The Morgan fingerprint density at radius 2 is 1.74 bits per heavy atom. The van der Waals surface area contributed by atoms with Gasteiger partial charge in [0.2, 0.25) is 11.7 Å². The van der Waals surface area contributed by atoms with Crippen molar-refractivity contribution < 1.29 is 23.7 Å². The quantitative estimate of drug-likeness (QED) is 0.653. The van der Waals surface area contributed by atoms with Gasteiger partial charge in [-0.1, -0.05) is 6.07 Å². The number of aryl methyl sites for hydroxylation is 1. The van der Waals surface area contributed by atoms with Gasteiger partial charge in [0.25, 0.3) is 0 Å². The van der Waals surface area contributed by atoms with E-state index in [0.29, 0.717) is 30.1 Å². The van der Waals surface area contributed by atoms with Crippen LogP contribution in [0.15, 0.2) is 36.4 Å². The first kappa shape index (κ1) is 22.7. The topological polar surface area (TPSA) is 69.3 Å². The summed E-state index contributed by atoms with van der Waals surface area (Å²) in [4.78, 5) is 14.8. The zero-order chi connectivity index (χ0) is 22.2. The Morgan fingerprint density at radius 1 is 1.00 bits per heavy atom. The Kier molecular flexibility index (Phi) is 8.00. The van der Waals surface area contributed by atoms with Crippen molar-refractivity contribution in [2.75, 3.05) is 51.7 Å². The summed E-state index contributed by atoms with van der Waals surface area (Å²) in [5.74, 6) is 1.67. The van der Waals surface area contributed by atoms with Crippen LogP contribution in [0.5, 0.6) is 17.2 Å². The second kappa shape index (κ2) is 10.9. The van der Waals surface area contributed by atoms with Crippen molar-refractivity contribution in [3.8, 4) is 17.2 Å². The molecule has 0 radical (unpaired) electrons. The number of amides is 1. The Bertz CT molecular complexity index is 869.